The summed E-state index contributed by atoms with van der Waals surface area (Å²) in [4.78, 5) is 14.5. The Bertz CT molecular complexity index is 445. The largest absolute Gasteiger partial charge is 0.339 e. The van der Waals surface area contributed by atoms with E-state index in [2.05, 4.69) is 29.3 Å². The Kier molecular flexibility index (Phi) is 3.56. The van der Waals surface area contributed by atoms with Gasteiger partial charge in [0.05, 0.1) is 0 Å². The summed E-state index contributed by atoms with van der Waals surface area (Å²) >= 11 is 0. The number of carbonyl (C=O) groups is 1. The molecule has 3 nitrogen and oxygen atoms in total. The second kappa shape index (κ2) is 5.33. The van der Waals surface area contributed by atoms with E-state index in [1.807, 2.05) is 18.2 Å². The van der Waals surface area contributed by atoms with E-state index in [9.17, 15) is 4.79 Å². The van der Waals surface area contributed by atoms with Crippen molar-refractivity contribution in [3.63, 3.8) is 0 Å². The number of hydrogen-bond donors (Lipinski definition) is 1. The molecule has 0 aromatic heterocycles. The second-order valence-electron chi connectivity index (χ2n) is 5.85. The van der Waals surface area contributed by atoms with Crippen molar-refractivity contribution in [2.75, 3.05) is 19.6 Å². The van der Waals surface area contributed by atoms with Gasteiger partial charge in [-0.15, -0.1) is 0 Å². The van der Waals surface area contributed by atoms with E-state index in [1.165, 1.54) is 5.56 Å². The molecule has 0 radical (unpaired) electrons. The highest BCUT2D eigenvalue weighted by molar-refractivity contribution is 5.77. The molecule has 3 rings (SSSR count). The lowest BCUT2D eigenvalue weighted by Crippen LogP contribution is -2.38. The van der Waals surface area contributed by atoms with Gasteiger partial charge in [0, 0.05) is 32.1 Å². The fourth-order valence-electron chi connectivity index (χ4n) is 3.54. The lowest BCUT2D eigenvalue weighted by atomic mass is 9.95. The molecule has 3 atom stereocenters. The van der Waals surface area contributed by atoms with Crippen molar-refractivity contribution in [1.82, 2.24) is 10.2 Å². The highest BCUT2D eigenvalue weighted by Gasteiger charge is 2.43. The molecule has 2 heterocycles. The smallest absolute Gasteiger partial charge is 0.223 e. The summed E-state index contributed by atoms with van der Waals surface area (Å²) in [6.07, 6.45) is 1.50. The van der Waals surface area contributed by atoms with Gasteiger partial charge < -0.3 is 10.2 Å². The Hall–Kier alpha value is -1.35. The normalized spacial score (nSPS) is 29.5. The lowest BCUT2D eigenvalue weighted by Gasteiger charge is -2.24. The molecule has 0 saturated carbocycles. The average Bonchev–Trinajstić information content (AvgIpc) is 3.01. The van der Waals surface area contributed by atoms with Crippen LogP contribution < -0.4 is 5.32 Å². The Morgan fingerprint density at radius 1 is 1.32 bits per heavy atom. The van der Waals surface area contributed by atoms with Crippen molar-refractivity contribution >= 4 is 5.91 Å². The molecule has 1 aromatic carbocycles. The van der Waals surface area contributed by atoms with Crippen molar-refractivity contribution in [3.05, 3.63) is 35.9 Å². The van der Waals surface area contributed by atoms with E-state index >= 15 is 0 Å². The number of likely N-dealkylation sites (tertiary alicyclic amines) is 1. The summed E-state index contributed by atoms with van der Waals surface area (Å²) in [5, 5.41) is 3.43. The van der Waals surface area contributed by atoms with Gasteiger partial charge in [0.15, 0.2) is 0 Å². The zero-order chi connectivity index (χ0) is 13.2. The fourth-order valence-corrected chi connectivity index (χ4v) is 3.54. The molecule has 1 aromatic rings. The quantitative estimate of drug-likeness (QED) is 0.895. The van der Waals surface area contributed by atoms with E-state index in [0.29, 0.717) is 30.2 Å². The maximum Gasteiger partial charge on any atom is 0.223 e. The first-order valence-electron chi connectivity index (χ1n) is 7.30. The van der Waals surface area contributed by atoms with Crippen LogP contribution in [0.2, 0.25) is 0 Å². The van der Waals surface area contributed by atoms with Crippen LogP contribution in [0.5, 0.6) is 0 Å². The number of benzene rings is 1. The molecule has 1 N–H and O–H groups in total. The summed E-state index contributed by atoms with van der Waals surface area (Å²) in [6, 6.07) is 10.7. The summed E-state index contributed by atoms with van der Waals surface area (Å²) in [5.41, 5.74) is 1.25. The predicted molar refractivity (Wildman–Crippen MR) is 75.8 cm³/mol. The standard InChI is InChI=1S/C16H22N2O/c1-12-15-10-17-9-14(15)11-18(12)16(19)8-7-13-5-3-2-4-6-13/h2-6,12,14-15,17H,7-11H2,1H3. The number of hydrogen-bond acceptors (Lipinski definition) is 2. The minimum atomic E-state index is 0.325. The molecule has 19 heavy (non-hydrogen) atoms. The minimum Gasteiger partial charge on any atom is -0.339 e. The van der Waals surface area contributed by atoms with Gasteiger partial charge in [0.1, 0.15) is 0 Å². The number of amides is 1. The van der Waals surface area contributed by atoms with Gasteiger partial charge in [0.2, 0.25) is 5.91 Å². The van der Waals surface area contributed by atoms with Crippen molar-refractivity contribution in [2.45, 2.75) is 25.8 Å². The molecular weight excluding hydrogens is 236 g/mol. The van der Waals surface area contributed by atoms with Gasteiger partial charge in [-0.1, -0.05) is 30.3 Å². The SMILES string of the molecule is CC1C2CNCC2CN1C(=O)CCc1ccccc1. The fraction of sp³-hybridized carbons (Fsp3) is 0.562. The number of carbonyl (C=O) groups excluding carboxylic acids is 1. The van der Waals surface area contributed by atoms with E-state index in [0.717, 1.165) is 26.1 Å². The van der Waals surface area contributed by atoms with Crippen LogP contribution in [0.4, 0.5) is 0 Å². The highest BCUT2D eigenvalue weighted by atomic mass is 16.2. The molecule has 3 unspecified atom stereocenters. The molecular formula is C16H22N2O. The second-order valence-corrected chi connectivity index (χ2v) is 5.85. The number of nitrogens with one attached hydrogen (secondary N) is 1. The lowest BCUT2D eigenvalue weighted by molar-refractivity contribution is -0.132. The van der Waals surface area contributed by atoms with Gasteiger partial charge >= 0.3 is 0 Å². The maximum atomic E-state index is 12.4. The van der Waals surface area contributed by atoms with Crippen LogP contribution in [-0.4, -0.2) is 36.5 Å². The van der Waals surface area contributed by atoms with Gasteiger partial charge in [0.25, 0.3) is 0 Å². The molecule has 3 heteroatoms. The third-order valence-corrected chi connectivity index (χ3v) is 4.73. The van der Waals surface area contributed by atoms with Crippen LogP contribution in [0, 0.1) is 11.8 Å². The van der Waals surface area contributed by atoms with E-state index in [4.69, 9.17) is 0 Å². The third-order valence-electron chi connectivity index (χ3n) is 4.73. The van der Waals surface area contributed by atoms with Gasteiger partial charge in [-0.2, -0.15) is 0 Å². The maximum absolute atomic E-state index is 12.4. The number of nitrogens with zero attached hydrogens (tertiary/aromatic N) is 1. The van der Waals surface area contributed by atoms with Crippen LogP contribution in [0.15, 0.2) is 30.3 Å². The molecule has 0 spiro atoms. The monoisotopic (exact) mass is 258 g/mol. The topological polar surface area (TPSA) is 32.3 Å². The molecule has 2 saturated heterocycles. The Morgan fingerprint density at radius 3 is 2.84 bits per heavy atom. The summed E-state index contributed by atoms with van der Waals surface area (Å²) in [5.74, 6) is 1.67. The van der Waals surface area contributed by atoms with E-state index in [1.54, 1.807) is 0 Å². The van der Waals surface area contributed by atoms with Gasteiger partial charge in [-0.3, -0.25) is 4.79 Å². The zero-order valence-corrected chi connectivity index (χ0v) is 11.5. The molecule has 0 aliphatic carbocycles. The average molecular weight is 258 g/mol. The van der Waals surface area contributed by atoms with Crippen LogP contribution in [0.25, 0.3) is 0 Å². The first-order valence-corrected chi connectivity index (χ1v) is 7.30. The molecule has 2 aliphatic heterocycles. The first kappa shape index (κ1) is 12.7. The van der Waals surface area contributed by atoms with Crippen LogP contribution in [0.1, 0.15) is 18.9 Å². The zero-order valence-electron chi connectivity index (χ0n) is 11.5. The summed E-state index contributed by atoms with van der Waals surface area (Å²) < 4.78 is 0. The molecule has 2 aliphatic rings. The minimum absolute atomic E-state index is 0.325. The predicted octanol–water partition coefficient (Wildman–Crippen LogP) is 1.69. The van der Waals surface area contributed by atoms with Crippen molar-refractivity contribution < 1.29 is 4.79 Å². The Morgan fingerprint density at radius 2 is 2.11 bits per heavy atom. The third kappa shape index (κ3) is 2.52. The van der Waals surface area contributed by atoms with Gasteiger partial charge in [-0.05, 0) is 30.7 Å². The number of rotatable bonds is 3. The number of fused-ring (bicyclic) bond motifs is 1. The van der Waals surface area contributed by atoms with Gasteiger partial charge in [-0.25, -0.2) is 0 Å². The Labute approximate surface area is 115 Å². The molecule has 0 bridgehead atoms. The van der Waals surface area contributed by atoms with Crippen LogP contribution >= 0.6 is 0 Å². The first-order chi connectivity index (χ1) is 9.25. The molecule has 1 amide bonds. The van der Waals surface area contributed by atoms with Crippen molar-refractivity contribution in [3.8, 4) is 0 Å². The van der Waals surface area contributed by atoms with Crippen molar-refractivity contribution in [1.29, 1.82) is 0 Å². The summed E-state index contributed by atoms with van der Waals surface area (Å²) in [7, 11) is 0. The summed E-state index contributed by atoms with van der Waals surface area (Å²) in [6.45, 7) is 5.32. The number of aryl methyl sites for hydroxylation is 1. The molecule has 2 fully saturated rings. The Balaban J connectivity index is 1.56. The van der Waals surface area contributed by atoms with Crippen LogP contribution in [-0.2, 0) is 11.2 Å². The van der Waals surface area contributed by atoms with E-state index < -0.39 is 0 Å². The van der Waals surface area contributed by atoms with E-state index in [-0.39, 0.29) is 0 Å². The van der Waals surface area contributed by atoms with Crippen molar-refractivity contribution in [2.24, 2.45) is 11.8 Å². The highest BCUT2D eigenvalue weighted by Crippen LogP contribution is 2.32. The van der Waals surface area contributed by atoms with Crippen LogP contribution in [0.3, 0.4) is 0 Å². The molecule has 102 valence electrons.